The summed E-state index contributed by atoms with van der Waals surface area (Å²) in [5, 5.41) is 3.31. The van der Waals surface area contributed by atoms with Crippen LogP contribution in [0.2, 0.25) is 5.02 Å². The molecule has 0 saturated carbocycles. The Labute approximate surface area is 152 Å². The highest BCUT2D eigenvalue weighted by Crippen LogP contribution is 2.28. The van der Waals surface area contributed by atoms with E-state index in [1.165, 1.54) is 4.31 Å². The van der Waals surface area contributed by atoms with E-state index in [4.69, 9.17) is 11.6 Å². The zero-order chi connectivity index (χ0) is 18.0. The number of nitrogens with one attached hydrogen (secondary N) is 1. The first-order chi connectivity index (χ1) is 11.9. The summed E-state index contributed by atoms with van der Waals surface area (Å²) < 4.78 is 27.2. The maximum absolute atomic E-state index is 13.0. The van der Waals surface area contributed by atoms with Gasteiger partial charge in [-0.1, -0.05) is 53.6 Å². The van der Waals surface area contributed by atoms with Gasteiger partial charge in [-0.3, -0.25) is 4.79 Å². The molecule has 2 aromatic rings. The number of nitrogens with zero attached hydrogens (tertiary/aromatic N) is 1. The number of hydrogen-bond donors (Lipinski definition) is 1. The van der Waals surface area contributed by atoms with E-state index in [1.54, 1.807) is 30.3 Å². The van der Waals surface area contributed by atoms with Gasteiger partial charge in [-0.2, -0.15) is 4.31 Å². The number of sulfonamides is 1. The van der Waals surface area contributed by atoms with Crippen molar-refractivity contribution in [3.05, 3.63) is 70.2 Å². The standard InChI is InChI=1S/C18H19ClN2O3S/c1-13-3-2-4-15(11-13)17-18(22)20-9-10-21(17)25(23,24)12-14-5-7-16(19)8-6-14/h2-8,11,17H,9-10,12H2,1H3,(H,20,22). The molecule has 0 radical (unpaired) electrons. The second-order valence-electron chi connectivity index (χ2n) is 6.10. The summed E-state index contributed by atoms with van der Waals surface area (Å²) in [7, 11) is -3.66. The van der Waals surface area contributed by atoms with Crippen LogP contribution in [0.25, 0.3) is 0 Å². The van der Waals surface area contributed by atoms with E-state index in [0.29, 0.717) is 22.7 Å². The topological polar surface area (TPSA) is 66.5 Å². The minimum atomic E-state index is -3.66. The van der Waals surface area contributed by atoms with Gasteiger partial charge in [-0.15, -0.1) is 0 Å². The molecule has 1 fully saturated rings. The molecule has 3 rings (SSSR count). The average molecular weight is 379 g/mol. The van der Waals surface area contributed by atoms with Crippen LogP contribution < -0.4 is 5.32 Å². The minimum absolute atomic E-state index is 0.167. The van der Waals surface area contributed by atoms with E-state index in [2.05, 4.69) is 5.32 Å². The minimum Gasteiger partial charge on any atom is -0.353 e. The number of hydrogen-bond acceptors (Lipinski definition) is 3. The highest BCUT2D eigenvalue weighted by atomic mass is 35.5. The lowest BCUT2D eigenvalue weighted by Gasteiger charge is -2.34. The third-order valence-electron chi connectivity index (χ3n) is 4.15. The van der Waals surface area contributed by atoms with Crippen LogP contribution in [0.3, 0.4) is 0 Å². The molecular formula is C18H19ClN2O3S. The number of carbonyl (C=O) groups excluding carboxylic acids is 1. The number of halogens is 1. The quantitative estimate of drug-likeness (QED) is 0.889. The van der Waals surface area contributed by atoms with Crippen LogP contribution >= 0.6 is 11.6 Å². The monoisotopic (exact) mass is 378 g/mol. The molecule has 1 amide bonds. The highest BCUT2D eigenvalue weighted by molar-refractivity contribution is 7.88. The zero-order valence-electron chi connectivity index (χ0n) is 13.8. The molecule has 0 bridgehead atoms. The van der Waals surface area contributed by atoms with Gasteiger partial charge in [0, 0.05) is 18.1 Å². The first-order valence-corrected chi connectivity index (χ1v) is 9.94. The summed E-state index contributed by atoms with van der Waals surface area (Å²) in [5.41, 5.74) is 2.29. The van der Waals surface area contributed by atoms with Crippen LogP contribution in [0.15, 0.2) is 48.5 Å². The first kappa shape index (κ1) is 17.9. The van der Waals surface area contributed by atoms with Gasteiger partial charge in [0.25, 0.3) is 0 Å². The average Bonchev–Trinajstić information content (AvgIpc) is 2.56. The largest absolute Gasteiger partial charge is 0.353 e. The first-order valence-electron chi connectivity index (χ1n) is 7.95. The van der Waals surface area contributed by atoms with E-state index in [1.807, 2.05) is 25.1 Å². The molecule has 1 unspecified atom stereocenters. The van der Waals surface area contributed by atoms with Crippen molar-refractivity contribution in [2.45, 2.75) is 18.7 Å². The van der Waals surface area contributed by atoms with Gasteiger partial charge in [0.1, 0.15) is 6.04 Å². The molecule has 1 heterocycles. The van der Waals surface area contributed by atoms with Gasteiger partial charge in [0.2, 0.25) is 15.9 Å². The Balaban J connectivity index is 1.94. The van der Waals surface area contributed by atoms with Crippen LogP contribution in [-0.2, 0) is 20.6 Å². The fourth-order valence-electron chi connectivity index (χ4n) is 2.98. The highest BCUT2D eigenvalue weighted by Gasteiger charge is 2.38. The maximum atomic E-state index is 13.0. The number of rotatable bonds is 4. The Morgan fingerprint density at radius 3 is 2.60 bits per heavy atom. The van der Waals surface area contributed by atoms with E-state index < -0.39 is 16.1 Å². The maximum Gasteiger partial charge on any atom is 0.243 e. The summed E-state index contributed by atoms with van der Waals surface area (Å²) in [6.07, 6.45) is 0. The van der Waals surface area contributed by atoms with E-state index in [-0.39, 0.29) is 18.2 Å². The molecule has 0 spiro atoms. The van der Waals surface area contributed by atoms with E-state index in [0.717, 1.165) is 5.56 Å². The number of benzene rings is 2. The molecular weight excluding hydrogens is 360 g/mol. The van der Waals surface area contributed by atoms with Crippen LogP contribution in [-0.4, -0.2) is 31.7 Å². The van der Waals surface area contributed by atoms with Crippen molar-refractivity contribution < 1.29 is 13.2 Å². The summed E-state index contributed by atoms with van der Waals surface area (Å²) >= 11 is 5.86. The Bertz CT molecular complexity index is 881. The van der Waals surface area contributed by atoms with Gasteiger partial charge in [0.05, 0.1) is 5.75 Å². The van der Waals surface area contributed by atoms with Gasteiger partial charge in [-0.25, -0.2) is 8.42 Å². The summed E-state index contributed by atoms with van der Waals surface area (Å²) in [6, 6.07) is 13.2. The molecule has 0 aliphatic carbocycles. The zero-order valence-corrected chi connectivity index (χ0v) is 15.3. The Hall–Kier alpha value is -1.89. The van der Waals surface area contributed by atoms with Crippen molar-refractivity contribution in [2.75, 3.05) is 13.1 Å². The van der Waals surface area contributed by atoms with Crippen molar-refractivity contribution in [3.8, 4) is 0 Å². The third-order valence-corrected chi connectivity index (χ3v) is 6.20. The van der Waals surface area contributed by atoms with Crippen molar-refractivity contribution >= 4 is 27.5 Å². The van der Waals surface area contributed by atoms with Crippen LogP contribution in [0.5, 0.6) is 0 Å². The SMILES string of the molecule is Cc1cccc(C2C(=O)NCCN2S(=O)(=O)Cc2ccc(Cl)cc2)c1. The fraction of sp³-hybridized carbons (Fsp3) is 0.278. The van der Waals surface area contributed by atoms with Crippen molar-refractivity contribution in [1.29, 1.82) is 0 Å². The lowest BCUT2D eigenvalue weighted by molar-refractivity contribution is -0.126. The van der Waals surface area contributed by atoms with Crippen molar-refractivity contribution in [1.82, 2.24) is 9.62 Å². The predicted molar refractivity (Wildman–Crippen MR) is 97.7 cm³/mol. The third kappa shape index (κ3) is 4.03. The Kier molecular flexibility index (Phi) is 5.13. The van der Waals surface area contributed by atoms with Gasteiger partial charge in [-0.05, 0) is 30.2 Å². The fourth-order valence-corrected chi connectivity index (χ4v) is 4.79. The second kappa shape index (κ2) is 7.15. The normalized spacial score (nSPS) is 18.8. The number of carbonyl (C=O) groups is 1. The molecule has 1 atom stereocenters. The molecule has 132 valence electrons. The molecule has 1 aliphatic heterocycles. The molecule has 0 aromatic heterocycles. The molecule has 5 nitrogen and oxygen atoms in total. The molecule has 2 aromatic carbocycles. The van der Waals surface area contributed by atoms with Crippen LogP contribution in [0.1, 0.15) is 22.7 Å². The smallest absolute Gasteiger partial charge is 0.243 e. The number of aryl methyl sites for hydroxylation is 1. The summed E-state index contributed by atoms with van der Waals surface area (Å²) in [5.74, 6) is -0.462. The van der Waals surface area contributed by atoms with Crippen LogP contribution in [0.4, 0.5) is 0 Å². The molecule has 7 heteroatoms. The Morgan fingerprint density at radius 2 is 1.92 bits per heavy atom. The number of piperazine rings is 1. The molecule has 1 N–H and O–H groups in total. The van der Waals surface area contributed by atoms with Crippen molar-refractivity contribution in [2.24, 2.45) is 0 Å². The van der Waals surface area contributed by atoms with Gasteiger partial charge < -0.3 is 5.32 Å². The second-order valence-corrected chi connectivity index (χ2v) is 8.46. The molecule has 25 heavy (non-hydrogen) atoms. The summed E-state index contributed by atoms with van der Waals surface area (Å²) in [6.45, 7) is 2.47. The lowest BCUT2D eigenvalue weighted by atomic mass is 10.0. The van der Waals surface area contributed by atoms with E-state index in [9.17, 15) is 13.2 Å². The van der Waals surface area contributed by atoms with Gasteiger partial charge in [0.15, 0.2) is 0 Å². The molecule has 1 aliphatic rings. The van der Waals surface area contributed by atoms with E-state index >= 15 is 0 Å². The molecule has 1 saturated heterocycles. The van der Waals surface area contributed by atoms with Crippen LogP contribution in [0, 0.1) is 6.92 Å². The Morgan fingerprint density at radius 1 is 1.20 bits per heavy atom. The van der Waals surface area contributed by atoms with Gasteiger partial charge >= 0.3 is 0 Å². The number of amides is 1. The predicted octanol–water partition coefficient (Wildman–Crippen LogP) is 2.65. The summed E-state index contributed by atoms with van der Waals surface area (Å²) in [4.78, 5) is 12.4. The lowest BCUT2D eigenvalue weighted by Crippen LogP contribution is -2.52. The van der Waals surface area contributed by atoms with Crippen molar-refractivity contribution in [3.63, 3.8) is 0 Å².